The highest BCUT2D eigenvalue weighted by Crippen LogP contribution is 2.63. The topological polar surface area (TPSA) is 52.0 Å². The van der Waals surface area contributed by atoms with Crippen molar-refractivity contribution in [3.63, 3.8) is 0 Å². The summed E-state index contributed by atoms with van der Waals surface area (Å²) in [4.78, 5) is 1.19. The lowest BCUT2D eigenvalue weighted by Gasteiger charge is -2.04. The predicted octanol–water partition coefficient (Wildman–Crippen LogP) is 3.89. The zero-order valence-corrected chi connectivity index (χ0v) is 11.0. The lowest BCUT2D eigenvalue weighted by atomic mass is 10.0. The summed E-state index contributed by atoms with van der Waals surface area (Å²) in [7, 11) is 0. The summed E-state index contributed by atoms with van der Waals surface area (Å²) in [6, 6.07) is 4.15. The molecule has 3 nitrogen and oxygen atoms in total. The van der Waals surface area contributed by atoms with Gasteiger partial charge in [-0.1, -0.05) is 24.1 Å². The third-order valence-electron chi connectivity index (χ3n) is 4.47. The van der Waals surface area contributed by atoms with Crippen molar-refractivity contribution in [2.24, 2.45) is 11.8 Å². The van der Waals surface area contributed by atoms with Gasteiger partial charge in [-0.05, 0) is 36.1 Å². The molecule has 2 unspecified atom stereocenters. The molecule has 2 N–H and O–H groups in total. The monoisotopic (exact) mass is 260 g/mol. The Morgan fingerprint density at radius 1 is 1.28 bits per heavy atom. The third kappa shape index (κ3) is 1.45. The molecule has 0 spiro atoms. The van der Waals surface area contributed by atoms with Crippen molar-refractivity contribution in [1.29, 1.82) is 0 Å². The quantitative estimate of drug-likeness (QED) is 0.891. The van der Waals surface area contributed by atoms with Crippen molar-refractivity contribution in [2.45, 2.75) is 31.6 Å². The van der Waals surface area contributed by atoms with Crippen LogP contribution in [0.3, 0.4) is 0 Å². The number of hydrogen-bond donors (Lipinski definition) is 1. The summed E-state index contributed by atoms with van der Waals surface area (Å²) in [6.07, 6.45) is 5.44. The van der Waals surface area contributed by atoms with Crippen LogP contribution in [-0.4, -0.2) is 5.16 Å². The number of rotatable bonds is 2. The molecule has 2 atom stereocenters. The Labute approximate surface area is 110 Å². The predicted molar refractivity (Wildman–Crippen MR) is 72.4 cm³/mol. The van der Waals surface area contributed by atoms with Crippen molar-refractivity contribution >= 4 is 17.2 Å². The molecule has 2 fully saturated rings. The zero-order chi connectivity index (χ0) is 12.1. The van der Waals surface area contributed by atoms with Crippen LogP contribution in [0.2, 0.25) is 0 Å². The molecule has 0 amide bonds. The Hall–Kier alpha value is -1.29. The van der Waals surface area contributed by atoms with Crippen LogP contribution in [0.5, 0.6) is 0 Å². The normalized spacial score (nSPS) is 30.1. The van der Waals surface area contributed by atoms with E-state index in [0.29, 0.717) is 11.7 Å². The molecule has 0 radical (unpaired) electrons. The Kier molecular flexibility index (Phi) is 2.27. The first-order valence-corrected chi connectivity index (χ1v) is 7.53. The maximum Gasteiger partial charge on any atom is 0.175 e. The lowest BCUT2D eigenvalue weighted by molar-refractivity contribution is 0.381. The molecule has 2 heterocycles. The van der Waals surface area contributed by atoms with E-state index in [1.807, 2.05) is 0 Å². The molecule has 94 valence electrons. The minimum atomic E-state index is 0.552. The number of nitrogens with zero attached hydrogens (tertiary/aromatic N) is 1. The average Bonchev–Trinajstić information content (AvgIpc) is 2.75. The van der Waals surface area contributed by atoms with Gasteiger partial charge in [-0.25, -0.2) is 0 Å². The Morgan fingerprint density at radius 3 is 2.72 bits per heavy atom. The third-order valence-corrected chi connectivity index (χ3v) is 5.36. The molecule has 2 aliphatic rings. The number of anilines is 1. The van der Waals surface area contributed by atoms with Crippen LogP contribution in [0.4, 0.5) is 5.82 Å². The molecule has 2 aliphatic carbocycles. The first-order chi connectivity index (χ1) is 8.86. The fourth-order valence-electron chi connectivity index (χ4n) is 3.59. The number of nitrogens with two attached hydrogens (primary N) is 1. The van der Waals surface area contributed by atoms with Crippen LogP contribution in [0, 0.1) is 11.8 Å². The summed E-state index contributed by atoms with van der Waals surface area (Å²) in [6.45, 7) is 0. The summed E-state index contributed by atoms with van der Waals surface area (Å²) in [5, 5.41) is 6.08. The molecular weight excluding hydrogens is 244 g/mol. The van der Waals surface area contributed by atoms with Crippen molar-refractivity contribution in [3.8, 4) is 10.4 Å². The standard InChI is InChI=1S/C14H16N2OS/c15-14-12(10-6-3-7-18-10)13(17-16-14)11-8-4-1-2-5-9(8)11/h3,6-9,11H,1-2,4-5H2,(H2,15,16). The van der Waals surface area contributed by atoms with Crippen LogP contribution in [0.1, 0.15) is 37.4 Å². The SMILES string of the molecule is Nc1noc(C2C3CCCCC32)c1-c1cccs1. The van der Waals surface area contributed by atoms with Gasteiger partial charge in [0.25, 0.3) is 0 Å². The van der Waals surface area contributed by atoms with Gasteiger partial charge in [0.15, 0.2) is 11.6 Å². The van der Waals surface area contributed by atoms with E-state index in [9.17, 15) is 0 Å². The van der Waals surface area contributed by atoms with Crippen molar-refractivity contribution < 1.29 is 4.52 Å². The minimum absolute atomic E-state index is 0.552. The Morgan fingerprint density at radius 2 is 2.06 bits per heavy atom. The highest BCUT2D eigenvalue weighted by Gasteiger charge is 2.54. The number of thiophene rings is 1. The van der Waals surface area contributed by atoms with E-state index < -0.39 is 0 Å². The van der Waals surface area contributed by atoms with E-state index >= 15 is 0 Å². The number of aromatic nitrogens is 1. The Balaban J connectivity index is 1.74. The summed E-state index contributed by atoms with van der Waals surface area (Å²) in [5.41, 5.74) is 7.05. The van der Waals surface area contributed by atoms with E-state index in [1.165, 1.54) is 30.6 Å². The van der Waals surface area contributed by atoms with E-state index in [2.05, 4.69) is 22.7 Å². The van der Waals surface area contributed by atoms with Gasteiger partial charge in [-0.15, -0.1) is 11.3 Å². The molecule has 4 heteroatoms. The number of fused-ring (bicyclic) bond motifs is 1. The van der Waals surface area contributed by atoms with Gasteiger partial charge < -0.3 is 10.3 Å². The van der Waals surface area contributed by atoms with E-state index in [4.69, 9.17) is 10.3 Å². The van der Waals surface area contributed by atoms with E-state index in [0.717, 1.165) is 23.2 Å². The largest absolute Gasteiger partial charge is 0.380 e. The van der Waals surface area contributed by atoms with Gasteiger partial charge >= 0.3 is 0 Å². The number of hydrogen-bond acceptors (Lipinski definition) is 4. The van der Waals surface area contributed by atoms with Crippen LogP contribution in [0.25, 0.3) is 10.4 Å². The lowest BCUT2D eigenvalue weighted by Crippen LogP contribution is -1.91. The van der Waals surface area contributed by atoms with Gasteiger partial charge in [0.05, 0.1) is 5.56 Å². The molecule has 2 aromatic rings. The maximum absolute atomic E-state index is 5.99. The molecular formula is C14H16N2OS. The molecule has 18 heavy (non-hydrogen) atoms. The second kappa shape index (κ2) is 3.85. The molecule has 0 bridgehead atoms. The van der Waals surface area contributed by atoms with Crippen molar-refractivity contribution in [3.05, 3.63) is 23.3 Å². The van der Waals surface area contributed by atoms with Gasteiger partial charge in [0, 0.05) is 10.8 Å². The first kappa shape index (κ1) is 10.6. The highest BCUT2D eigenvalue weighted by molar-refractivity contribution is 7.13. The van der Waals surface area contributed by atoms with Crippen LogP contribution >= 0.6 is 11.3 Å². The molecule has 2 saturated carbocycles. The van der Waals surface area contributed by atoms with Crippen LogP contribution in [0.15, 0.2) is 22.0 Å². The van der Waals surface area contributed by atoms with Gasteiger partial charge in [-0.3, -0.25) is 0 Å². The second-order valence-corrected chi connectivity index (χ2v) is 6.37. The van der Waals surface area contributed by atoms with E-state index in [1.54, 1.807) is 11.3 Å². The summed E-state index contributed by atoms with van der Waals surface area (Å²) >= 11 is 1.71. The van der Waals surface area contributed by atoms with Crippen LogP contribution < -0.4 is 5.73 Å². The smallest absolute Gasteiger partial charge is 0.175 e. The Bertz CT molecular complexity index is 548. The summed E-state index contributed by atoms with van der Waals surface area (Å²) < 4.78 is 5.57. The number of nitrogen functional groups attached to an aromatic ring is 1. The maximum atomic E-state index is 5.99. The molecule has 4 rings (SSSR count). The van der Waals surface area contributed by atoms with Crippen molar-refractivity contribution in [1.82, 2.24) is 5.16 Å². The fourth-order valence-corrected chi connectivity index (χ4v) is 4.38. The molecule has 0 aliphatic heterocycles. The minimum Gasteiger partial charge on any atom is -0.380 e. The van der Waals surface area contributed by atoms with Gasteiger partial charge in [-0.2, -0.15) is 0 Å². The van der Waals surface area contributed by atoms with Crippen molar-refractivity contribution in [2.75, 3.05) is 5.73 Å². The van der Waals surface area contributed by atoms with Gasteiger partial charge in [0.2, 0.25) is 0 Å². The molecule has 2 aromatic heterocycles. The highest BCUT2D eigenvalue weighted by atomic mass is 32.1. The summed E-state index contributed by atoms with van der Waals surface area (Å²) in [5.74, 6) is 3.83. The molecule has 0 saturated heterocycles. The van der Waals surface area contributed by atoms with E-state index in [-0.39, 0.29) is 0 Å². The average molecular weight is 260 g/mol. The zero-order valence-electron chi connectivity index (χ0n) is 10.1. The van der Waals surface area contributed by atoms with Crippen LogP contribution in [-0.2, 0) is 0 Å². The molecule has 0 aromatic carbocycles. The first-order valence-electron chi connectivity index (χ1n) is 6.65. The fraction of sp³-hybridized carbons (Fsp3) is 0.500. The second-order valence-electron chi connectivity index (χ2n) is 5.42. The van der Waals surface area contributed by atoms with Gasteiger partial charge in [0.1, 0.15) is 0 Å².